The number of carbonyl (C=O) groups excluding carboxylic acids is 1. The zero-order valence-corrected chi connectivity index (χ0v) is 14.5. The fourth-order valence-corrected chi connectivity index (χ4v) is 2.32. The first-order chi connectivity index (χ1) is 12.4. The summed E-state index contributed by atoms with van der Waals surface area (Å²) in [6, 6.07) is 10.2. The number of esters is 1. The molecule has 0 saturated heterocycles. The molecule has 0 aromatic heterocycles. The van der Waals surface area contributed by atoms with Gasteiger partial charge in [0.15, 0.2) is 5.75 Å². The quantitative estimate of drug-likeness (QED) is 0.519. The van der Waals surface area contributed by atoms with Crippen LogP contribution in [0.2, 0.25) is 0 Å². The van der Waals surface area contributed by atoms with Crippen LogP contribution in [-0.4, -0.2) is 19.6 Å². The number of benzene rings is 2. The topological polar surface area (TPSA) is 47.6 Å². The average Bonchev–Trinajstić information content (AvgIpc) is 2.62. The van der Waals surface area contributed by atoms with Crippen LogP contribution in [0, 0.1) is 0 Å². The van der Waals surface area contributed by atoms with Crippen molar-refractivity contribution in [1.29, 1.82) is 0 Å². The summed E-state index contributed by atoms with van der Waals surface area (Å²) in [5.41, 5.74) is -1.14. The molecule has 0 radical (unpaired) electrons. The Morgan fingerprint density at radius 3 is 2.42 bits per heavy atom. The Labute approximate surface area is 149 Å². The molecule has 0 unspecified atom stereocenters. The van der Waals surface area contributed by atoms with E-state index < -0.39 is 17.7 Å². The summed E-state index contributed by atoms with van der Waals surface area (Å²) in [7, 11) is 1.12. The van der Waals surface area contributed by atoms with Gasteiger partial charge < -0.3 is 14.8 Å². The van der Waals surface area contributed by atoms with Crippen molar-refractivity contribution < 1.29 is 27.4 Å². The van der Waals surface area contributed by atoms with Gasteiger partial charge in [-0.1, -0.05) is 31.5 Å². The van der Waals surface area contributed by atoms with E-state index >= 15 is 0 Å². The number of unbranched alkanes of at least 4 members (excludes halogenated alkanes) is 1. The van der Waals surface area contributed by atoms with Gasteiger partial charge in [-0.2, -0.15) is 13.2 Å². The first kappa shape index (κ1) is 19.6. The molecule has 140 valence electrons. The first-order valence-electron chi connectivity index (χ1n) is 8.17. The van der Waals surface area contributed by atoms with Crippen molar-refractivity contribution in [2.75, 3.05) is 19.0 Å². The molecule has 4 nitrogen and oxygen atoms in total. The smallest absolute Gasteiger partial charge is 0.420 e. The van der Waals surface area contributed by atoms with E-state index in [-0.39, 0.29) is 22.7 Å². The minimum absolute atomic E-state index is 0.0949. The van der Waals surface area contributed by atoms with E-state index in [2.05, 4.69) is 10.1 Å². The van der Waals surface area contributed by atoms with E-state index in [0.717, 1.165) is 26.0 Å². The number of alkyl halides is 3. The van der Waals surface area contributed by atoms with Crippen LogP contribution in [-0.2, 0) is 10.9 Å². The van der Waals surface area contributed by atoms with E-state index in [1.54, 1.807) is 30.3 Å². The van der Waals surface area contributed by atoms with E-state index in [1.807, 2.05) is 6.92 Å². The third-order valence-electron chi connectivity index (χ3n) is 3.62. The lowest BCUT2D eigenvalue weighted by Gasteiger charge is -2.19. The number of methoxy groups -OCH3 is 1. The summed E-state index contributed by atoms with van der Waals surface area (Å²) >= 11 is 0. The van der Waals surface area contributed by atoms with Crippen molar-refractivity contribution in [2.45, 2.75) is 25.9 Å². The third-order valence-corrected chi connectivity index (χ3v) is 3.62. The number of hydrogen-bond donors (Lipinski definition) is 1. The Hall–Kier alpha value is -2.70. The second-order valence-corrected chi connectivity index (χ2v) is 5.59. The van der Waals surface area contributed by atoms with E-state index in [9.17, 15) is 18.0 Å². The number of rotatable bonds is 7. The van der Waals surface area contributed by atoms with Crippen molar-refractivity contribution in [2.24, 2.45) is 0 Å². The zero-order chi connectivity index (χ0) is 19.2. The Morgan fingerprint density at radius 2 is 1.85 bits per heavy atom. The number of halogens is 3. The van der Waals surface area contributed by atoms with Crippen LogP contribution in [0.3, 0.4) is 0 Å². The van der Waals surface area contributed by atoms with Crippen LogP contribution in [0.5, 0.6) is 11.5 Å². The first-order valence-corrected chi connectivity index (χ1v) is 8.17. The summed E-state index contributed by atoms with van der Waals surface area (Å²) in [6.07, 6.45) is -3.07. The van der Waals surface area contributed by atoms with Gasteiger partial charge in [-0.3, -0.25) is 0 Å². The summed E-state index contributed by atoms with van der Waals surface area (Å²) in [5, 5.41) is 2.93. The molecule has 0 aliphatic heterocycles. The molecular formula is C19H20F3NO3. The van der Waals surface area contributed by atoms with Crippen molar-refractivity contribution in [3.8, 4) is 11.5 Å². The highest BCUT2D eigenvalue weighted by molar-refractivity contribution is 5.92. The molecule has 2 rings (SSSR count). The Balaban J connectivity index is 2.56. The minimum atomic E-state index is -4.70. The summed E-state index contributed by atoms with van der Waals surface area (Å²) in [5.74, 6) is -0.949. The molecule has 0 amide bonds. The molecule has 0 heterocycles. The molecule has 0 saturated carbocycles. The minimum Gasteiger partial charge on any atom is -0.465 e. The van der Waals surface area contributed by atoms with Gasteiger partial charge in [0.05, 0.1) is 18.4 Å². The average molecular weight is 367 g/mol. The molecule has 7 heteroatoms. The zero-order valence-electron chi connectivity index (χ0n) is 14.5. The highest BCUT2D eigenvalue weighted by Crippen LogP contribution is 2.43. The highest BCUT2D eigenvalue weighted by Gasteiger charge is 2.37. The number of hydrogen-bond acceptors (Lipinski definition) is 4. The molecule has 2 aromatic carbocycles. The fourth-order valence-electron chi connectivity index (χ4n) is 2.32. The number of ether oxygens (including phenoxy) is 2. The summed E-state index contributed by atoms with van der Waals surface area (Å²) in [4.78, 5) is 11.8. The second-order valence-electron chi connectivity index (χ2n) is 5.59. The maximum Gasteiger partial charge on any atom is 0.420 e. The van der Waals surface area contributed by atoms with Crippen molar-refractivity contribution in [3.63, 3.8) is 0 Å². The van der Waals surface area contributed by atoms with Gasteiger partial charge in [-0.05, 0) is 30.7 Å². The number of anilines is 1. The Bertz CT molecular complexity index is 746. The molecule has 1 N–H and O–H groups in total. The maximum absolute atomic E-state index is 13.6. The second kappa shape index (κ2) is 8.60. The van der Waals surface area contributed by atoms with Crippen LogP contribution in [0.25, 0.3) is 0 Å². The molecule has 0 aliphatic rings. The number of carbonyl (C=O) groups is 1. The molecule has 0 fully saturated rings. The lowest BCUT2D eigenvalue weighted by Crippen LogP contribution is -2.13. The lowest BCUT2D eigenvalue weighted by molar-refractivity contribution is -0.138. The summed E-state index contributed by atoms with van der Waals surface area (Å²) < 4.78 is 50.9. The normalized spacial score (nSPS) is 11.1. The van der Waals surface area contributed by atoms with E-state index in [1.165, 1.54) is 6.07 Å². The Morgan fingerprint density at radius 1 is 1.15 bits per heavy atom. The molecule has 0 atom stereocenters. The van der Waals surface area contributed by atoms with Crippen molar-refractivity contribution in [1.82, 2.24) is 0 Å². The fraction of sp³-hybridized carbons (Fsp3) is 0.316. The highest BCUT2D eigenvalue weighted by atomic mass is 19.4. The molecule has 0 bridgehead atoms. The molecule has 0 aliphatic carbocycles. The van der Waals surface area contributed by atoms with Crippen LogP contribution in [0.1, 0.15) is 35.7 Å². The van der Waals surface area contributed by atoms with Crippen molar-refractivity contribution >= 4 is 11.7 Å². The van der Waals surface area contributed by atoms with Gasteiger partial charge in [-0.15, -0.1) is 0 Å². The number of nitrogens with one attached hydrogen (secondary N) is 1. The molecule has 2 aromatic rings. The van der Waals surface area contributed by atoms with Gasteiger partial charge >= 0.3 is 12.1 Å². The molecule has 26 heavy (non-hydrogen) atoms. The lowest BCUT2D eigenvalue weighted by atomic mass is 10.1. The largest absolute Gasteiger partial charge is 0.465 e. The SMILES string of the molecule is CCCCNc1cc(C(=O)OC)cc(C(F)(F)F)c1Oc1ccccc1. The van der Waals surface area contributed by atoms with Crippen LogP contribution >= 0.6 is 0 Å². The van der Waals surface area contributed by atoms with Crippen LogP contribution in [0.15, 0.2) is 42.5 Å². The third kappa shape index (κ3) is 4.91. The monoisotopic (exact) mass is 367 g/mol. The van der Waals surface area contributed by atoms with Gasteiger partial charge in [0.25, 0.3) is 0 Å². The predicted molar refractivity (Wildman–Crippen MR) is 92.7 cm³/mol. The predicted octanol–water partition coefficient (Wildman–Crippen LogP) is 5.50. The van der Waals surface area contributed by atoms with Crippen LogP contribution < -0.4 is 10.1 Å². The van der Waals surface area contributed by atoms with E-state index in [4.69, 9.17) is 4.74 Å². The Kier molecular flexibility index (Phi) is 6.49. The van der Waals surface area contributed by atoms with Crippen LogP contribution in [0.4, 0.5) is 18.9 Å². The van der Waals surface area contributed by atoms with E-state index in [0.29, 0.717) is 6.54 Å². The standard InChI is InChI=1S/C19H20F3NO3/c1-3-4-10-23-16-12-13(18(24)25-2)11-15(19(20,21)22)17(16)26-14-8-6-5-7-9-14/h5-9,11-12,23H,3-4,10H2,1-2H3. The van der Waals surface area contributed by atoms with Gasteiger partial charge in [0, 0.05) is 6.54 Å². The molecule has 0 spiro atoms. The molecular weight excluding hydrogens is 347 g/mol. The van der Waals surface area contributed by atoms with Gasteiger partial charge in [0.1, 0.15) is 11.3 Å². The maximum atomic E-state index is 13.6. The van der Waals surface area contributed by atoms with Gasteiger partial charge in [0.2, 0.25) is 0 Å². The number of para-hydroxylation sites is 1. The van der Waals surface area contributed by atoms with Crippen molar-refractivity contribution in [3.05, 3.63) is 53.6 Å². The summed E-state index contributed by atoms with van der Waals surface area (Å²) in [6.45, 7) is 2.42. The van der Waals surface area contributed by atoms with Gasteiger partial charge in [-0.25, -0.2) is 4.79 Å².